The van der Waals surface area contributed by atoms with Gasteiger partial charge in [-0.1, -0.05) is 12.8 Å². The lowest BCUT2D eigenvalue weighted by atomic mass is 9.86. The summed E-state index contributed by atoms with van der Waals surface area (Å²) >= 11 is 0. The average molecular weight is 267 g/mol. The third kappa shape index (κ3) is 2.56. The molecule has 19 heavy (non-hydrogen) atoms. The largest absolute Gasteiger partial charge is 0.363 e. The fraction of sp³-hybridized carbons (Fsp3) is 0.750. The molecule has 0 spiro atoms. The number of nitrogens with two attached hydrogens (primary N) is 1. The molecule has 1 heterocycles. The molecule has 106 valence electrons. The zero-order valence-electron chi connectivity index (χ0n) is 11.5. The van der Waals surface area contributed by atoms with Crippen LogP contribution in [0.15, 0.2) is 9.59 Å². The molecule has 0 amide bonds. The maximum Gasteiger partial charge on any atom is 0.346 e. The predicted molar refractivity (Wildman–Crippen MR) is 73.2 cm³/mol. The van der Waals surface area contributed by atoms with Gasteiger partial charge in [-0.05, 0) is 24.8 Å². The Hall–Kier alpha value is -1.63. The lowest BCUT2D eigenvalue weighted by molar-refractivity contribution is 0.331. The summed E-state index contributed by atoms with van der Waals surface area (Å²) in [5, 5.41) is 7.05. The summed E-state index contributed by atoms with van der Waals surface area (Å²) in [5.41, 5.74) is 5.09. The Balaban J connectivity index is 2.21. The Kier molecular flexibility index (Phi) is 3.75. The first-order chi connectivity index (χ1) is 8.99. The molecule has 2 rings (SSSR count). The van der Waals surface area contributed by atoms with Gasteiger partial charge < -0.3 is 11.1 Å². The van der Waals surface area contributed by atoms with E-state index in [4.69, 9.17) is 5.73 Å². The van der Waals surface area contributed by atoms with E-state index in [9.17, 15) is 9.59 Å². The lowest BCUT2D eigenvalue weighted by Gasteiger charge is -2.27. The third-order valence-electron chi connectivity index (χ3n) is 4.05. The minimum atomic E-state index is -0.426. The number of aryl methyl sites for hydroxylation is 1. The van der Waals surface area contributed by atoms with Gasteiger partial charge in [0, 0.05) is 20.6 Å². The first kappa shape index (κ1) is 13.8. The second kappa shape index (κ2) is 5.16. The van der Waals surface area contributed by atoms with E-state index in [0.717, 1.165) is 22.1 Å². The van der Waals surface area contributed by atoms with Crippen molar-refractivity contribution in [2.45, 2.75) is 25.7 Å². The zero-order chi connectivity index (χ0) is 14.0. The van der Waals surface area contributed by atoms with Crippen LogP contribution >= 0.6 is 0 Å². The van der Waals surface area contributed by atoms with Crippen molar-refractivity contribution in [3.05, 3.63) is 20.8 Å². The highest BCUT2D eigenvalue weighted by Crippen LogP contribution is 2.36. The summed E-state index contributed by atoms with van der Waals surface area (Å²) in [7, 11) is 2.98. The summed E-state index contributed by atoms with van der Waals surface area (Å²) in [4.78, 5) is 23.5. The monoisotopic (exact) mass is 267 g/mol. The standard InChI is InChI=1S/C12H21N5O2/c1-16-10(18)9(15-17(2)11(16)19)14-8-12(7-13)5-3-4-6-12/h3-8,13H2,1-2H3,(H,14,15). The van der Waals surface area contributed by atoms with Crippen LogP contribution in [0.5, 0.6) is 0 Å². The lowest BCUT2D eigenvalue weighted by Crippen LogP contribution is -2.42. The van der Waals surface area contributed by atoms with Crippen molar-refractivity contribution in [3.8, 4) is 0 Å². The Morgan fingerprint density at radius 2 is 1.95 bits per heavy atom. The summed E-state index contributed by atoms with van der Waals surface area (Å²) in [6.45, 7) is 1.23. The van der Waals surface area contributed by atoms with E-state index in [1.165, 1.54) is 26.9 Å². The highest BCUT2D eigenvalue weighted by molar-refractivity contribution is 5.30. The molecule has 1 aromatic rings. The molecule has 3 N–H and O–H groups in total. The maximum absolute atomic E-state index is 11.9. The normalized spacial score (nSPS) is 17.6. The SMILES string of the molecule is Cn1nc(NCC2(CN)CCCC2)c(=O)n(C)c1=O. The molecular formula is C12H21N5O2. The number of nitrogens with zero attached hydrogens (tertiary/aromatic N) is 3. The van der Waals surface area contributed by atoms with Crippen LogP contribution in [0.1, 0.15) is 25.7 Å². The topological polar surface area (TPSA) is 94.9 Å². The summed E-state index contributed by atoms with van der Waals surface area (Å²) < 4.78 is 2.21. The minimum Gasteiger partial charge on any atom is -0.363 e. The van der Waals surface area contributed by atoms with Crippen LogP contribution in [0.3, 0.4) is 0 Å². The Bertz CT molecular complexity index is 568. The van der Waals surface area contributed by atoms with E-state index in [-0.39, 0.29) is 11.2 Å². The van der Waals surface area contributed by atoms with Crippen molar-refractivity contribution in [3.63, 3.8) is 0 Å². The first-order valence-corrected chi connectivity index (χ1v) is 6.57. The van der Waals surface area contributed by atoms with Gasteiger partial charge in [-0.15, -0.1) is 5.10 Å². The van der Waals surface area contributed by atoms with E-state index < -0.39 is 11.2 Å². The molecule has 0 unspecified atom stereocenters. The van der Waals surface area contributed by atoms with Gasteiger partial charge in [-0.3, -0.25) is 9.36 Å². The van der Waals surface area contributed by atoms with Gasteiger partial charge in [-0.25, -0.2) is 9.48 Å². The van der Waals surface area contributed by atoms with Crippen LogP contribution in [0, 0.1) is 5.41 Å². The fourth-order valence-corrected chi connectivity index (χ4v) is 2.66. The molecule has 0 bridgehead atoms. The summed E-state index contributed by atoms with van der Waals surface area (Å²) in [5.74, 6) is 0.212. The Labute approximate surface area is 111 Å². The Morgan fingerprint density at radius 1 is 1.32 bits per heavy atom. The number of aromatic nitrogens is 3. The molecule has 0 aliphatic heterocycles. The predicted octanol–water partition coefficient (Wildman–Crippen LogP) is -0.590. The van der Waals surface area contributed by atoms with Crippen LogP contribution in [0.2, 0.25) is 0 Å². The molecule has 1 fully saturated rings. The summed E-state index contributed by atoms with van der Waals surface area (Å²) in [6, 6.07) is 0. The minimum absolute atomic E-state index is 0.0569. The van der Waals surface area contributed by atoms with Crippen molar-refractivity contribution in [2.24, 2.45) is 25.2 Å². The third-order valence-corrected chi connectivity index (χ3v) is 4.05. The molecule has 1 aliphatic carbocycles. The van der Waals surface area contributed by atoms with Gasteiger partial charge in [0.2, 0.25) is 5.82 Å². The van der Waals surface area contributed by atoms with Crippen LogP contribution in [-0.4, -0.2) is 27.4 Å². The van der Waals surface area contributed by atoms with Crippen molar-refractivity contribution >= 4 is 5.82 Å². The number of rotatable bonds is 4. The van der Waals surface area contributed by atoms with Crippen LogP contribution in [0.4, 0.5) is 5.82 Å². The Morgan fingerprint density at radius 3 is 2.53 bits per heavy atom. The van der Waals surface area contributed by atoms with Gasteiger partial charge in [0.1, 0.15) is 0 Å². The van der Waals surface area contributed by atoms with Crippen LogP contribution < -0.4 is 22.3 Å². The molecule has 0 aromatic carbocycles. The van der Waals surface area contributed by atoms with E-state index in [1.54, 1.807) is 0 Å². The molecule has 1 aliphatic rings. The first-order valence-electron chi connectivity index (χ1n) is 6.57. The van der Waals surface area contributed by atoms with Gasteiger partial charge in [0.15, 0.2) is 0 Å². The van der Waals surface area contributed by atoms with Gasteiger partial charge in [-0.2, -0.15) is 0 Å². The quantitative estimate of drug-likeness (QED) is 0.760. The van der Waals surface area contributed by atoms with E-state index in [1.807, 2.05) is 0 Å². The zero-order valence-corrected chi connectivity index (χ0v) is 11.5. The second-order valence-corrected chi connectivity index (χ2v) is 5.38. The van der Waals surface area contributed by atoms with Crippen molar-refractivity contribution < 1.29 is 0 Å². The smallest absolute Gasteiger partial charge is 0.346 e. The second-order valence-electron chi connectivity index (χ2n) is 5.38. The maximum atomic E-state index is 11.9. The molecule has 1 aromatic heterocycles. The molecular weight excluding hydrogens is 246 g/mol. The molecule has 0 atom stereocenters. The molecule has 0 saturated heterocycles. The number of anilines is 1. The van der Waals surface area contributed by atoms with E-state index in [2.05, 4.69) is 10.4 Å². The molecule has 7 heteroatoms. The highest BCUT2D eigenvalue weighted by Gasteiger charge is 2.32. The van der Waals surface area contributed by atoms with Crippen molar-refractivity contribution in [2.75, 3.05) is 18.4 Å². The van der Waals surface area contributed by atoms with Crippen LogP contribution in [-0.2, 0) is 14.1 Å². The van der Waals surface area contributed by atoms with E-state index in [0.29, 0.717) is 13.1 Å². The molecule has 0 radical (unpaired) electrons. The summed E-state index contributed by atoms with van der Waals surface area (Å²) in [6.07, 6.45) is 4.50. The highest BCUT2D eigenvalue weighted by atomic mass is 16.2. The van der Waals surface area contributed by atoms with Gasteiger partial charge in [0.05, 0.1) is 0 Å². The molecule has 1 saturated carbocycles. The van der Waals surface area contributed by atoms with Gasteiger partial charge >= 0.3 is 5.69 Å². The van der Waals surface area contributed by atoms with Crippen LogP contribution in [0.25, 0.3) is 0 Å². The van der Waals surface area contributed by atoms with E-state index >= 15 is 0 Å². The number of nitrogens with one attached hydrogen (secondary N) is 1. The molecule has 7 nitrogen and oxygen atoms in total. The van der Waals surface area contributed by atoms with Gasteiger partial charge in [0.25, 0.3) is 5.56 Å². The van der Waals surface area contributed by atoms with Crippen molar-refractivity contribution in [1.29, 1.82) is 0 Å². The number of hydrogen-bond acceptors (Lipinski definition) is 5. The average Bonchev–Trinajstić information content (AvgIpc) is 2.88. The number of hydrogen-bond donors (Lipinski definition) is 2. The van der Waals surface area contributed by atoms with Crippen molar-refractivity contribution in [1.82, 2.24) is 14.3 Å². The fourth-order valence-electron chi connectivity index (χ4n) is 2.66.